The van der Waals surface area contributed by atoms with E-state index in [-0.39, 0.29) is 6.10 Å². The first-order valence-corrected chi connectivity index (χ1v) is 20.5. The fourth-order valence-corrected chi connectivity index (χ4v) is 10.3. The third-order valence-electron chi connectivity index (χ3n) is 11.9. The number of aliphatic hydroxyl groups excluding tert-OH is 1. The van der Waals surface area contributed by atoms with Crippen LogP contribution in [0.5, 0.6) is 0 Å². The number of fused-ring (bicyclic) bond motifs is 4. The van der Waals surface area contributed by atoms with Gasteiger partial charge in [-0.3, -0.25) is 0 Å². The van der Waals surface area contributed by atoms with Crippen molar-refractivity contribution in [1.82, 2.24) is 10.3 Å². The topological polar surface area (TPSA) is 81.5 Å². The van der Waals surface area contributed by atoms with E-state index in [9.17, 15) is 5.11 Å². The number of rotatable bonds is 8. The maximum Gasteiger partial charge on any atom is 0.145 e. The third-order valence-corrected chi connectivity index (χ3v) is 13.4. The lowest BCUT2D eigenvalue weighted by Crippen LogP contribution is -2.20. The quantitative estimate of drug-likeness (QED) is 0.179. The van der Waals surface area contributed by atoms with Crippen LogP contribution < -0.4 is 0 Å². The van der Waals surface area contributed by atoms with Gasteiger partial charge in [0, 0.05) is 34.1 Å². The second-order valence-electron chi connectivity index (χ2n) is 15.4. The summed E-state index contributed by atoms with van der Waals surface area (Å²) in [6.07, 6.45) is 15.4. The summed E-state index contributed by atoms with van der Waals surface area (Å²) in [5, 5.41) is 20.0. The van der Waals surface area contributed by atoms with Crippen LogP contribution in [0.1, 0.15) is 112 Å². The lowest BCUT2D eigenvalue weighted by atomic mass is 9.97. The molecule has 2 aromatic heterocycles. The Labute approximate surface area is 324 Å². The molecule has 6 aliphatic carbocycles. The summed E-state index contributed by atoms with van der Waals surface area (Å²) in [5.74, 6) is 6.34. The third kappa shape index (κ3) is 7.76. The molecule has 4 aromatic rings. The minimum atomic E-state index is 0.0775. The number of hydrogen-bond donors (Lipinski definition) is 1. The van der Waals surface area contributed by atoms with Crippen molar-refractivity contribution in [2.45, 2.75) is 114 Å². The Morgan fingerprint density at radius 3 is 1.51 bits per heavy atom. The second kappa shape index (κ2) is 15.5. The van der Waals surface area contributed by atoms with Crippen molar-refractivity contribution in [1.29, 1.82) is 0 Å². The zero-order valence-electron chi connectivity index (χ0n) is 28.4. The van der Waals surface area contributed by atoms with Crippen LogP contribution in [-0.4, -0.2) is 27.6 Å². The first-order valence-electron chi connectivity index (χ1n) is 18.5. The molecule has 6 atom stereocenters. The van der Waals surface area contributed by atoms with Crippen molar-refractivity contribution in [3.8, 4) is 22.5 Å². The molecule has 2 heterocycles. The molecule has 4 bridgehead atoms. The van der Waals surface area contributed by atoms with Crippen LogP contribution in [0.3, 0.4) is 0 Å². The summed E-state index contributed by atoms with van der Waals surface area (Å²) in [6, 6.07) is 10.9. The number of aromatic nitrogens is 2. The number of ether oxygens (including phenoxy) is 1. The van der Waals surface area contributed by atoms with Gasteiger partial charge in [-0.1, -0.05) is 68.8 Å². The van der Waals surface area contributed by atoms with Crippen molar-refractivity contribution < 1.29 is 18.9 Å². The molecule has 6 aliphatic rings. The van der Waals surface area contributed by atoms with E-state index in [2.05, 4.69) is 10.3 Å². The number of nitrogens with zero attached hydrogens (tertiary/aromatic N) is 2. The van der Waals surface area contributed by atoms with Crippen molar-refractivity contribution in [3.05, 3.63) is 79.1 Å². The molecule has 0 saturated heterocycles. The predicted molar refractivity (Wildman–Crippen MR) is 203 cm³/mol. The Kier molecular flexibility index (Phi) is 11.0. The maximum absolute atomic E-state index is 9.22. The van der Waals surface area contributed by atoms with E-state index in [1.165, 1.54) is 44.9 Å². The van der Waals surface area contributed by atoms with Gasteiger partial charge in [0.1, 0.15) is 22.9 Å². The van der Waals surface area contributed by atoms with E-state index in [4.69, 9.17) is 71.8 Å². The van der Waals surface area contributed by atoms with Gasteiger partial charge in [-0.2, -0.15) is 0 Å². The van der Waals surface area contributed by atoms with Gasteiger partial charge < -0.3 is 18.9 Å². The van der Waals surface area contributed by atoms with Gasteiger partial charge >= 0.3 is 0 Å². The van der Waals surface area contributed by atoms with E-state index < -0.39 is 0 Å². The normalized spacial score (nSPS) is 27.3. The molecule has 10 rings (SSSR count). The molecular formula is C40H43Cl5N2O4. The fourth-order valence-electron chi connectivity index (χ4n) is 8.88. The van der Waals surface area contributed by atoms with Crippen molar-refractivity contribution >= 4 is 58.0 Å². The van der Waals surface area contributed by atoms with Crippen LogP contribution in [0, 0.1) is 23.7 Å². The summed E-state index contributed by atoms with van der Waals surface area (Å²) < 4.78 is 17.5. The highest BCUT2D eigenvalue weighted by Crippen LogP contribution is 2.50. The van der Waals surface area contributed by atoms with Crippen molar-refractivity contribution in [2.75, 3.05) is 0 Å². The van der Waals surface area contributed by atoms with Gasteiger partial charge in [0.05, 0.1) is 44.8 Å². The van der Waals surface area contributed by atoms with E-state index >= 15 is 0 Å². The number of aliphatic hydroxyl groups is 1. The molecule has 6 nitrogen and oxygen atoms in total. The Balaban J connectivity index is 0.000000124. The molecule has 51 heavy (non-hydrogen) atoms. The Bertz CT molecular complexity index is 1810. The molecule has 1 N–H and O–H groups in total. The van der Waals surface area contributed by atoms with Crippen LogP contribution in [0.4, 0.5) is 0 Å². The van der Waals surface area contributed by atoms with E-state index in [1.54, 1.807) is 18.2 Å². The molecule has 0 aliphatic heterocycles. The highest BCUT2D eigenvalue weighted by Gasteiger charge is 2.41. The Morgan fingerprint density at radius 1 is 0.627 bits per heavy atom. The lowest BCUT2D eigenvalue weighted by Gasteiger charge is -2.22. The zero-order chi connectivity index (χ0) is 35.2. The first-order chi connectivity index (χ1) is 24.8. The second-order valence-corrected chi connectivity index (χ2v) is 17.3. The molecule has 2 aromatic carbocycles. The van der Waals surface area contributed by atoms with Gasteiger partial charge in [0.15, 0.2) is 0 Å². The van der Waals surface area contributed by atoms with Crippen LogP contribution in [0.25, 0.3) is 22.5 Å². The fraction of sp³-hybridized carbons (Fsp3) is 0.550. The minimum absolute atomic E-state index is 0.0775. The molecule has 0 amide bonds. The number of halogens is 5. The summed E-state index contributed by atoms with van der Waals surface area (Å²) in [6.45, 7) is 0.542. The number of benzene rings is 2. The summed E-state index contributed by atoms with van der Waals surface area (Å²) >= 11 is 31.2. The Morgan fingerprint density at radius 2 is 1.12 bits per heavy atom. The van der Waals surface area contributed by atoms with Crippen molar-refractivity contribution in [3.63, 3.8) is 0 Å². The smallest absolute Gasteiger partial charge is 0.145 e. The monoisotopic (exact) mass is 790 g/mol. The van der Waals surface area contributed by atoms with E-state index in [0.717, 1.165) is 83.8 Å². The maximum atomic E-state index is 9.22. The minimum Gasteiger partial charge on any atom is -0.393 e. The molecule has 272 valence electrons. The van der Waals surface area contributed by atoms with Gasteiger partial charge in [0.2, 0.25) is 0 Å². The van der Waals surface area contributed by atoms with Crippen molar-refractivity contribution in [2.24, 2.45) is 23.7 Å². The van der Waals surface area contributed by atoms with Crippen LogP contribution >= 0.6 is 58.0 Å². The largest absolute Gasteiger partial charge is 0.393 e. The van der Waals surface area contributed by atoms with Gasteiger partial charge in [-0.05, 0) is 125 Å². The molecular weight excluding hydrogens is 750 g/mol. The zero-order valence-corrected chi connectivity index (χ0v) is 32.2. The van der Waals surface area contributed by atoms with Crippen LogP contribution in [0.15, 0.2) is 45.4 Å². The standard InChI is InChI=1S/C20H21Cl2NO2.C13H10Cl3NO.C7H12O/c21-15-2-1-3-16(22)18(15)19-14(20(25-23-19)12-6-7-12)10-24-17-9-11-4-5-13(17)8-11;14-6-8-12(17-18-13(8)7-4-5-7)11-9(15)2-1-3-10(11)16;8-7-4-5-1-2-6(7)3-5/h1-3,11-13,17H,4-10H2;1-3,7H,4-6H2;5-8H,1-4H2. The number of alkyl halides is 1. The summed E-state index contributed by atoms with van der Waals surface area (Å²) in [5.41, 5.74) is 4.83. The van der Waals surface area contributed by atoms with Crippen LogP contribution in [0.2, 0.25) is 20.1 Å². The average Bonchev–Trinajstić information content (AvgIpc) is 3.74. The SMILES string of the molecule is ClCc1c(-c2c(Cl)cccc2Cl)noc1C1CC1.Clc1cccc(Cl)c1-c1noc(C2CC2)c1COC1CC2CCC1C2.OC1CC2CCC1C2. The average molecular weight is 793 g/mol. The molecule has 11 heteroatoms. The highest BCUT2D eigenvalue weighted by molar-refractivity contribution is 6.39. The summed E-state index contributed by atoms with van der Waals surface area (Å²) in [4.78, 5) is 0. The van der Waals surface area contributed by atoms with Gasteiger partial charge in [0.25, 0.3) is 0 Å². The molecule has 6 saturated carbocycles. The highest BCUT2D eigenvalue weighted by atomic mass is 35.5. The Hall–Kier alpha value is -1.77. The molecule has 0 radical (unpaired) electrons. The van der Waals surface area contributed by atoms with E-state index in [1.807, 2.05) is 18.2 Å². The van der Waals surface area contributed by atoms with Gasteiger partial charge in [-0.15, -0.1) is 11.6 Å². The predicted octanol–water partition coefficient (Wildman–Crippen LogP) is 12.7. The lowest BCUT2D eigenvalue weighted by molar-refractivity contribution is 0.00478. The van der Waals surface area contributed by atoms with Gasteiger partial charge in [-0.25, -0.2) is 0 Å². The van der Waals surface area contributed by atoms with E-state index in [0.29, 0.717) is 67.7 Å². The van der Waals surface area contributed by atoms with Crippen LogP contribution in [-0.2, 0) is 17.2 Å². The molecule has 6 fully saturated rings. The number of hydrogen-bond acceptors (Lipinski definition) is 6. The summed E-state index contributed by atoms with van der Waals surface area (Å²) in [7, 11) is 0. The molecule has 6 unspecified atom stereocenters. The first kappa shape index (κ1) is 36.2. The molecule has 0 spiro atoms.